The number of carbonyl (C=O) groups excluding carboxylic acids is 4. The minimum Gasteiger partial charge on any atom is -0.422 e. The molecule has 1 aliphatic heterocycles. The van der Waals surface area contributed by atoms with E-state index in [9.17, 15) is 19.2 Å². The Morgan fingerprint density at radius 2 is 1.48 bits per heavy atom. The summed E-state index contributed by atoms with van der Waals surface area (Å²) in [7, 11) is 0. The Hall–Kier alpha value is -1.72. The highest BCUT2D eigenvalue weighted by Gasteiger charge is 2.47. The maximum atomic E-state index is 12.0. The molecule has 0 unspecified atom stereocenters. The minimum absolute atomic E-state index is 0.254. The fourth-order valence-corrected chi connectivity index (χ4v) is 2.47. The third-order valence-corrected chi connectivity index (χ3v) is 3.67. The lowest BCUT2D eigenvalue weighted by Crippen LogP contribution is -2.49. The van der Waals surface area contributed by atoms with E-state index in [1.807, 2.05) is 0 Å². The van der Waals surface area contributed by atoms with Gasteiger partial charge in [-0.15, -0.1) is 0 Å². The molecular weight excluding hydrogens is 300 g/mol. The number of esters is 2. The fourth-order valence-electron chi connectivity index (χ4n) is 2.47. The molecule has 1 aliphatic rings. The molecule has 1 saturated heterocycles. The smallest absolute Gasteiger partial charge is 0.331 e. The van der Waals surface area contributed by atoms with Crippen molar-refractivity contribution in [3.8, 4) is 0 Å². The fraction of sp³-hybridized carbons (Fsp3) is 0.765. The van der Waals surface area contributed by atoms with Crippen LogP contribution in [0.15, 0.2) is 0 Å². The Balaban J connectivity index is 2.36. The molecule has 23 heavy (non-hydrogen) atoms. The highest BCUT2D eigenvalue weighted by atomic mass is 16.7. The highest BCUT2D eigenvalue weighted by molar-refractivity contribution is 6.19. The van der Waals surface area contributed by atoms with Crippen LogP contribution < -0.4 is 0 Å². The van der Waals surface area contributed by atoms with E-state index >= 15 is 0 Å². The SMILES string of the molecule is CCCCCCCCC(=O)CC(=O)C1C(=O)OC(C)(C)OC1=O. The summed E-state index contributed by atoms with van der Waals surface area (Å²) < 4.78 is 9.76. The molecule has 0 aromatic heterocycles. The Kier molecular flexibility index (Phi) is 7.39. The van der Waals surface area contributed by atoms with Crippen molar-refractivity contribution in [3.05, 3.63) is 0 Å². The highest BCUT2D eigenvalue weighted by Crippen LogP contribution is 2.24. The molecule has 0 radical (unpaired) electrons. The lowest BCUT2D eigenvalue weighted by Gasteiger charge is -2.32. The monoisotopic (exact) mass is 326 g/mol. The van der Waals surface area contributed by atoms with Crippen molar-refractivity contribution in [2.24, 2.45) is 5.92 Å². The van der Waals surface area contributed by atoms with E-state index in [0.29, 0.717) is 6.42 Å². The zero-order valence-electron chi connectivity index (χ0n) is 14.2. The van der Waals surface area contributed by atoms with Gasteiger partial charge in [0.25, 0.3) is 5.79 Å². The molecule has 0 bridgehead atoms. The summed E-state index contributed by atoms with van der Waals surface area (Å²) in [5, 5.41) is 0. The van der Waals surface area contributed by atoms with E-state index in [-0.39, 0.29) is 5.78 Å². The molecule has 6 nitrogen and oxygen atoms in total. The van der Waals surface area contributed by atoms with Crippen LogP contribution in [0.4, 0.5) is 0 Å². The summed E-state index contributed by atoms with van der Waals surface area (Å²) in [6.07, 6.45) is 6.12. The molecule has 0 saturated carbocycles. The van der Waals surface area contributed by atoms with E-state index in [0.717, 1.165) is 32.1 Å². The van der Waals surface area contributed by atoms with Gasteiger partial charge >= 0.3 is 11.9 Å². The van der Waals surface area contributed by atoms with Crippen LogP contribution in [0, 0.1) is 5.92 Å². The first kappa shape index (κ1) is 19.3. The third kappa shape index (κ3) is 6.50. The largest absolute Gasteiger partial charge is 0.422 e. The van der Waals surface area contributed by atoms with Crippen molar-refractivity contribution < 1.29 is 28.7 Å². The van der Waals surface area contributed by atoms with Gasteiger partial charge in [0, 0.05) is 20.3 Å². The summed E-state index contributed by atoms with van der Waals surface area (Å²) in [4.78, 5) is 47.3. The van der Waals surface area contributed by atoms with Gasteiger partial charge in [-0.1, -0.05) is 39.0 Å². The molecule has 0 spiro atoms. The van der Waals surface area contributed by atoms with Gasteiger partial charge in [0.2, 0.25) is 5.92 Å². The van der Waals surface area contributed by atoms with Gasteiger partial charge in [0.05, 0.1) is 6.42 Å². The van der Waals surface area contributed by atoms with Crippen LogP contribution in [0.3, 0.4) is 0 Å². The predicted octanol–water partition coefficient (Wildman–Crippen LogP) is 2.72. The molecule has 130 valence electrons. The number of rotatable bonds is 10. The van der Waals surface area contributed by atoms with Crippen molar-refractivity contribution in [2.75, 3.05) is 0 Å². The van der Waals surface area contributed by atoms with Crippen LogP contribution >= 0.6 is 0 Å². The van der Waals surface area contributed by atoms with Gasteiger partial charge in [-0.05, 0) is 6.42 Å². The average Bonchev–Trinajstić information content (AvgIpc) is 2.40. The molecule has 0 amide bonds. The van der Waals surface area contributed by atoms with E-state index in [4.69, 9.17) is 9.47 Å². The normalized spacial score (nSPS) is 17.5. The lowest BCUT2D eigenvalue weighted by molar-refractivity contribution is -0.238. The predicted molar refractivity (Wildman–Crippen MR) is 82.4 cm³/mol. The van der Waals surface area contributed by atoms with Gasteiger partial charge in [-0.25, -0.2) is 0 Å². The van der Waals surface area contributed by atoms with Crippen LogP contribution in [0.2, 0.25) is 0 Å². The molecule has 1 heterocycles. The molecule has 0 N–H and O–H groups in total. The number of cyclic esters (lactones) is 2. The second-order valence-corrected chi connectivity index (χ2v) is 6.37. The minimum atomic E-state index is -1.63. The van der Waals surface area contributed by atoms with Gasteiger partial charge in [-0.3, -0.25) is 19.2 Å². The first-order valence-electron chi connectivity index (χ1n) is 8.27. The van der Waals surface area contributed by atoms with Crippen molar-refractivity contribution >= 4 is 23.5 Å². The van der Waals surface area contributed by atoms with E-state index in [1.54, 1.807) is 0 Å². The lowest BCUT2D eigenvalue weighted by atomic mass is 9.96. The van der Waals surface area contributed by atoms with Crippen molar-refractivity contribution in [2.45, 2.75) is 77.9 Å². The zero-order valence-corrected chi connectivity index (χ0v) is 14.2. The zero-order chi connectivity index (χ0) is 17.5. The van der Waals surface area contributed by atoms with Gasteiger partial charge in [-0.2, -0.15) is 0 Å². The molecule has 1 rings (SSSR count). The second kappa shape index (κ2) is 8.79. The summed E-state index contributed by atoms with van der Waals surface area (Å²) in [5.74, 6) is -5.88. The van der Waals surface area contributed by atoms with Gasteiger partial charge < -0.3 is 9.47 Å². The molecular formula is C17H26O6. The standard InChI is InChI=1S/C17H26O6/c1-4-5-6-7-8-9-10-12(18)11-13(19)14-15(20)22-17(2,3)23-16(14)21/h14H,4-11H2,1-3H3. The first-order chi connectivity index (χ1) is 10.8. The topological polar surface area (TPSA) is 86.7 Å². The molecule has 0 aliphatic carbocycles. The summed E-state index contributed by atoms with van der Waals surface area (Å²) in [6, 6.07) is 0. The molecule has 6 heteroatoms. The number of ketones is 2. The van der Waals surface area contributed by atoms with E-state index in [1.165, 1.54) is 20.3 Å². The Morgan fingerprint density at radius 3 is 2.04 bits per heavy atom. The molecule has 0 aromatic carbocycles. The van der Waals surface area contributed by atoms with E-state index < -0.39 is 35.8 Å². The molecule has 0 aromatic rings. The maximum Gasteiger partial charge on any atom is 0.331 e. The molecule has 1 fully saturated rings. The third-order valence-electron chi connectivity index (χ3n) is 3.67. The van der Waals surface area contributed by atoms with Crippen LogP contribution in [0.5, 0.6) is 0 Å². The quantitative estimate of drug-likeness (QED) is 0.348. The average molecular weight is 326 g/mol. The van der Waals surface area contributed by atoms with Crippen molar-refractivity contribution in [1.82, 2.24) is 0 Å². The number of unbranched alkanes of at least 4 members (excludes halogenated alkanes) is 5. The summed E-state index contributed by atoms with van der Waals surface area (Å²) in [6.45, 7) is 4.96. The Bertz CT molecular complexity index is 446. The Labute approximate surface area is 136 Å². The van der Waals surface area contributed by atoms with Crippen LogP contribution in [-0.4, -0.2) is 29.3 Å². The summed E-state index contributed by atoms with van der Waals surface area (Å²) in [5.41, 5.74) is 0. The Morgan fingerprint density at radius 1 is 0.957 bits per heavy atom. The first-order valence-corrected chi connectivity index (χ1v) is 8.27. The number of hydrogen-bond donors (Lipinski definition) is 0. The number of Topliss-reactive ketones (excluding diaryl/α,β-unsaturated/α-hetero) is 2. The van der Waals surface area contributed by atoms with Crippen molar-refractivity contribution in [3.63, 3.8) is 0 Å². The van der Waals surface area contributed by atoms with Crippen LogP contribution in [-0.2, 0) is 28.7 Å². The maximum absolute atomic E-state index is 12.0. The number of ether oxygens (including phenoxy) is 2. The second-order valence-electron chi connectivity index (χ2n) is 6.37. The molecule has 0 atom stereocenters. The van der Waals surface area contributed by atoms with Gasteiger partial charge in [0.15, 0.2) is 5.78 Å². The van der Waals surface area contributed by atoms with E-state index in [2.05, 4.69) is 6.92 Å². The van der Waals surface area contributed by atoms with Crippen LogP contribution in [0.1, 0.15) is 72.1 Å². The summed E-state index contributed by atoms with van der Waals surface area (Å²) >= 11 is 0. The number of hydrogen-bond acceptors (Lipinski definition) is 6. The van der Waals surface area contributed by atoms with Gasteiger partial charge in [0.1, 0.15) is 5.78 Å². The van der Waals surface area contributed by atoms with Crippen LogP contribution in [0.25, 0.3) is 0 Å². The van der Waals surface area contributed by atoms with Crippen molar-refractivity contribution in [1.29, 1.82) is 0 Å². The number of carbonyl (C=O) groups is 4.